The van der Waals surface area contributed by atoms with Crippen LogP contribution in [0, 0.1) is 0 Å². The zero-order chi connectivity index (χ0) is 20.5. The Bertz CT molecular complexity index is 777. The fourth-order valence-corrected chi connectivity index (χ4v) is 2.54. The minimum Gasteiger partial charge on any atom is -0.255 e. The molecule has 0 fully saturated rings. The van der Waals surface area contributed by atoms with Crippen LogP contribution in [-0.2, 0) is 19.3 Å². The van der Waals surface area contributed by atoms with Crippen molar-refractivity contribution in [1.29, 1.82) is 0 Å². The summed E-state index contributed by atoms with van der Waals surface area (Å²) in [6.07, 6.45) is -18.8. The van der Waals surface area contributed by atoms with Gasteiger partial charge in [-0.2, -0.15) is 39.5 Å². The van der Waals surface area contributed by atoms with E-state index in [0.717, 1.165) is 0 Å². The van der Waals surface area contributed by atoms with Crippen molar-refractivity contribution >= 4 is 0 Å². The molecule has 2 nitrogen and oxygen atoms in total. The van der Waals surface area contributed by atoms with Gasteiger partial charge in [0.2, 0.25) is 0 Å². The van der Waals surface area contributed by atoms with Gasteiger partial charge in [0.05, 0.1) is 30.7 Å². The SMILES string of the molecule is FC(F)(F)Cc1cnc(-c2ccccn2)c(CC(F)(F)F)c1CC(F)(F)F. The molecule has 0 bridgehead atoms. The molecule has 0 amide bonds. The number of rotatable bonds is 4. The molecule has 11 heteroatoms. The van der Waals surface area contributed by atoms with Crippen molar-refractivity contribution in [1.82, 2.24) is 9.97 Å². The number of aromatic nitrogens is 2. The lowest BCUT2D eigenvalue weighted by Gasteiger charge is -2.21. The third-order valence-corrected chi connectivity index (χ3v) is 3.44. The highest BCUT2D eigenvalue weighted by atomic mass is 19.4. The molecule has 0 aliphatic heterocycles. The minimum atomic E-state index is -5.01. The van der Waals surface area contributed by atoms with Gasteiger partial charge in [0.25, 0.3) is 0 Å². The molecule has 148 valence electrons. The number of alkyl halides is 9. The van der Waals surface area contributed by atoms with Crippen LogP contribution in [0.25, 0.3) is 11.4 Å². The lowest BCUT2D eigenvalue weighted by molar-refractivity contribution is -0.135. The molecule has 2 aromatic heterocycles. The Morgan fingerprint density at radius 1 is 0.667 bits per heavy atom. The first-order chi connectivity index (χ1) is 12.3. The summed E-state index contributed by atoms with van der Waals surface area (Å²) in [6.45, 7) is 0. The van der Waals surface area contributed by atoms with Gasteiger partial charge in [-0.3, -0.25) is 9.97 Å². The van der Waals surface area contributed by atoms with Crippen LogP contribution in [0.15, 0.2) is 30.6 Å². The Labute approximate surface area is 147 Å². The number of pyridine rings is 2. The first-order valence-corrected chi connectivity index (χ1v) is 7.36. The second kappa shape index (κ2) is 7.35. The Morgan fingerprint density at radius 2 is 1.22 bits per heavy atom. The second-order valence-electron chi connectivity index (χ2n) is 5.68. The van der Waals surface area contributed by atoms with Crippen LogP contribution in [0.3, 0.4) is 0 Å². The van der Waals surface area contributed by atoms with Gasteiger partial charge in [-0.15, -0.1) is 0 Å². The molecular weight excluding hydrogens is 391 g/mol. The Kier molecular flexibility index (Phi) is 5.71. The molecule has 2 aromatic rings. The van der Waals surface area contributed by atoms with Gasteiger partial charge >= 0.3 is 18.5 Å². The molecule has 0 aromatic carbocycles. The van der Waals surface area contributed by atoms with E-state index in [1.807, 2.05) is 0 Å². The number of hydrogen-bond acceptors (Lipinski definition) is 2. The normalized spacial score (nSPS) is 13.1. The van der Waals surface area contributed by atoms with Crippen molar-refractivity contribution in [3.63, 3.8) is 0 Å². The molecule has 2 rings (SSSR count). The third-order valence-electron chi connectivity index (χ3n) is 3.44. The van der Waals surface area contributed by atoms with Gasteiger partial charge in [0.1, 0.15) is 0 Å². The number of hydrogen-bond donors (Lipinski definition) is 0. The summed E-state index contributed by atoms with van der Waals surface area (Å²) >= 11 is 0. The largest absolute Gasteiger partial charge is 0.393 e. The Balaban J connectivity index is 2.73. The molecule has 0 saturated heterocycles. The lowest BCUT2D eigenvalue weighted by Crippen LogP contribution is -2.23. The predicted octanol–water partition coefficient (Wildman–Crippen LogP) is 5.46. The number of halogens is 9. The molecule has 0 saturated carbocycles. The van der Waals surface area contributed by atoms with Gasteiger partial charge in [0.15, 0.2) is 0 Å². The molecule has 0 spiro atoms. The number of nitrogens with zero attached hydrogens (tertiary/aromatic N) is 2. The second-order valence-corrected chi connectivity index (χ2v) is 5.68. The molecule has 0 unspecified atom stereocenters. The summed E-state index contributed by atoms with van der Waals surface area (Å²) in [6, 6.07) is 4.00. The van der Waals surface area contributed by atoms with E-state index in [2.05, 4.69) is 9.97 Å². The van der Waals surface area contributed by atoms with E-state index in [4.69, 9.17) is 0 Å². The van der Waals surface area contributed by atoms with Crippen LogP contribution in [-0.4, -0.2) is 28.5 Å². The highest BCUT2D eigenvalue weighted by molar-refractivity contribution is 5.62. The average molecular weight is 402 g/mol. The molecule has 2 heterocycles. The van der Waals surface area contributed by atoms with Crippen molar-refractivity contribution in [2.45, 2.75) is 37.8 Å². The molecule has 0 aliphatic carbocycles. The maximum Gasteiger partial charge on any atom is 0.393 e. The molecule has 0 radical (unpaired) electrons. The lowest BCUT2D eigenvalue weighted by atomic mass is 9.92. The van der Waals surface area contributed by atoms with Crippen molar-refractivity contribution in [2.24, 2.45) is 0 Å². The maximum absolute atomic E-state index is 13.0. The summed E-state index contributed by atoms with van der Waals surface area (Å²) in [5.41, 5.74) is -3.68. The van der Waals surface area contributed by atoms with E-state index in [9.17, 15) is 39.5 Å². The van der Waals surface area contributed by atoms with Crippen molar-refractivity contribution in [3.8, 4) is 11.4 Å². The monoisotopic (exact) mass is 402 g/mol. The molecule has 0 atom stereocenters. The van der Waals surface area contributed by atoms with E-state index in [1.54, 1.807) is 0 Å². The zero-order valence-corrected chi connectivity index (χ0v) is 13.3. The van der Waals surface area contributed by atoms with Gasteiger partial charge < -0.3 is 0 Å². The smallest absolute Gasteiger partial charge is 0.255 e. The van der Waals surface area contributed by atoms with Gasteiger partial charge in [-0.1, -0.05) is 6.07 Å². The van der Waals surface area contributed by atoms with E-state index in [0.29, 0.717) is 6.20 Å². The fraction of sp³-hybridized carbons (Fsp3) is 0.375. The highest BCUT2D eigenvalue weighted by Crippen LogP contribution is 2.36. The fourth-order valence-electron chi connectivity index (χ4n) is 2.54. The standard InChI is InChI=1S/C16H11F9N2/c17-14(18,19)5-9-8-27-13(12-3-1-2-4-26-12)11(7-16(23,24)25)10(9)6-15(20,21)22/h1-4,8H,5-7H2. The predicted molar refractivity (Wildman–Crippen MR) is 76.7 cm³/mol. The van der Waals surface area contributed by atoms with Crippen LogP contribution >= 0.6 is 0 Å². The van der Waals surface area contributed by atoms with Crippen LogP contribution in [0.4, 0.5) is 39.5 Å². The minimum absolute atomic E-state index is 0.168. The van der Waals surface area contributed by atoms with E-state index in [1.165, 1.54) is 24.4 Å². The molecule has 0 N–H and O–H groups in total. The van der Waals surface area contributed by atoms with Crippen LogP contribution in [0.5, 0.6) is 0 Å². The zero-order valence-electron chi connectivity index (χ0n) is 13.3. The molecule has 27 heavy (non-hydrogen) atoms. The maximum atomic E-state index is 13.0. The average Bonchev–Trinajstić information content (AvgIpc) is 2.47. The first-order valence-electron chi connectivity index (χ1n) is 7.36. The first kappa shape index (κ1) is 21.0. The van der Waals surface area contributed by atoms with E-state index >= 15 is 0 Å². The quantitative estimate of drug-likeness (QED) is 0.635. The topological polar surface area (TPSA) is 25.8 Å². The summed E-state index contributed by atoms with van der Waals surface area (Å²) in [4.78, 5) is 7.33. The van der Waals surface area contributed by atoms with E-state index in [-0.39, 0.29) is 5.69 Å². The van der Waals surface area contributed by atoms with Crippen LogP contribution in [0.2, 0.25) is 0 Å². The summed E-state index contributed by atoms with van der Waals surface area (Å²) in [7, 11) is 0. The van der Waals surface area contributed by atoms with Crippen molar-refractivity contribution in [2.75, 3.05) is 0 Å². The summed E-state index contributed by atoms with van der Waals surface area (Å²) in [5.74, 6) is 0. The van der Waals surface area contributed by atoms with Crippen LogP contribution in [0.1, 0.15) is 16.7 Å². The van der Waals surface area contributed by atoms with Gasteiger partial charge in [-0.25, -0.2) is 0 Å². The van der Waals surface area contributed by atoms with Gasteiger partial charge in [-0.05, 0) is 28.8 Å². The molecular formula is C16H11F9N2. The van der Waals surface area contributed by atoms with Crippen LogP contribution < -0.4 is 0 Å². The van der Waals surface area contributed by atoms with Crippen molar-refractivity contribution < 1.29 is 39.5 Å². The Morgan fingerprint density at radius 3 is 1.70 bits per heavy atom. The third kappa shape index (κ3) is 6.40. The summed E-state index contributed by atoms with van der Waals surface area (Å²) in [5, 5.41) is 0. The molecule has 0 aliphatic rings. The Hall–Kier alpha value is -2.33. The van der Waals surface area contributed by atoms with E-state index < -0.39 is 60.2 Å². The summed E-state index contributed by atoms with van der Waals surface area (Å²) < 4.78 is 116. The van der Waals surface area contributed by atoms with Crippen molar-refractivity contribution in [3.05, 3.63) is 47.3 Å². The van der Waals surface area contributed by atoms with Gasteiger partial charge in [0, 0.05) is 12.4 Å². The highest BCUT2D eigenvalue weighted by Gasteiger charge is 2.38.